The normalized spacial score (nSPS) is 22.3. The van der Waals surface area contributed by atoms with Crippen molar-refractivity contribution in [3.8, 4) is 0 Å². The Hall–Kier alpha value is -1.44. The highest BCUT2D eigenvalue weighted by atomic mass is 32.2. The lowest BCUT2D eigenvalue weighted by Crippen LogP contribution is -2.34. The zero-order valence-electron chi connectivity index (χ0n) is 12.7. The molecule has 1 fully saturated rings. The molecule has 1 aromatic rings. The lowest BCUT2D eigenvalue weighted by Gasteiger charge is -2.25. The van der Waals surface area contributed by atoms with Crippen LogP contribution in [-0.2, 0) is 21.2 Å². The molecule has 5 N–H and O–H groups in total. The Balaban J connectivity index is 2.18. The van der Waals surface area contributed by atoms with Gasteiger partial charge in [-0.2, -0.15) is 0 Å². The fraction of sp³-hybridized carbons (Fsp3) is 0.533. The fourth-order valence-corrected chi connectivity index (χ4v) is 3.77. The van der Waals surface area contributed by atoms with E-state index in [1.807, 2.05) is 6.92 Å². The minimum absolute atomic E-state index is 0.0620. The average Bonchev–Trinajstić information content (AvgIpc) is 2.46. The van der Waals surface area contributed by atoms with E-state index < -0.39 is 10.0 Å². The number of rotatable bonds is 4. The second-order valence-corrected chi connectivity index (χ2v) is 7.36. The van der Waals surface area contributed by atoms with Crippen molar-refractivity contribution in [2.75, 3.05) is 5.32 Å². The highest BCUT2D eigenvalue weighted by molar-refractivity contribution is 7.89. The molecule has 2 atom stereocenters. The molecule has 0 bridgehead atoms. The van der Waals surface area contributed by atoms with Gasteiger partial charge in [0, 0.05) is 17.6 Å². The maximum atomic E-state index is 12.3. The quantitative estimate of drug-likeness (QED) is 0.775. The highest BCUT2D eigenvalue weighted by Crippen LogP contribution is 2.26. The molecule has 2 rings (SSSR count). The lowest BCUT2D eigenvalue weighted by molar-refractivity contribution is -0.120. The number of nitrogens with one attached hydrogen (secondary N) is 1. The number of hydrogen-bond acceptors (Lipinski definition) is 4. The van der Waals surface area contributed by atoms with Crippen molar-refractivity contribution in [2.45, 2.75) is 50.0 Å². The van der Waals surface area contributed by atoms with Gasteiger partial charge in [-0.25, -0.2) is 13.6 Å². The summed E-state index contributed by atoms with van der Waals surface area (Å²) in [6, 6.07) is 4.87. The summed E-state index contributed by atoms with van der Waals surface area (Å²) in [5, 5.41) is 8.02. The van der Waals surface area contributed by atoms with Gasteiger partial charge in [0.2, 0.25) is 15.9 Å². The molecule has 1 aliphatic carbocycles. The zero-order chi connectivity index (χ0) is 16.3. The van der Waals surface area contributed by atoms with E-state index in [-0.39, 0.29) is 22.8 Å². The first-order chi connectivity index (χ1) is 10.3. The van der Waals surface area contributed by atoms with Crippen molar-refractivity contribution in [2.24, 2.45) is 16.8 Å². The average molecular weight is 325 g/mol. The molecule has 6 nitrogen and oxygen atoms in total. The summed E-state index contributed by atoms with van der Waals surface area (Å²) in [6.07, 6.45) is 3.92. The maximum Gasteiger partial charge on any atom is 0.238 e. The monoisotopic (exact) mass is 325 g/mol. The largest absolute Gasteiger partial charge is 0.328 e. The summed E-state index contributed by atoms with van der Waals surface area (Å²) >= 11 is 0. The second-order valence-electron chi connectivity index (χ2n) is 5.83. The minimum atomic E-state index is -3.81. The number of carbonyl (C=O) groups excluding carboxylic acids is 1. The van der Waals surface area contributed by atoms with Crippen molar-refractivity contribution in [3.05, 3.63) is 23.8 Å². The van der Waals surface area contributed by atoms with Crippen LogP contribution < -0.4 is 16.2 Å². The van der Waals surface area contributed by atoms with E-state index in [4.69, 9.17) is 10.9 Å². The van der Waals surface area contributed by atoms with Crippen molar-refractivity contribution in [1.82, 2.24) is 0 Å². The molecule has 0 aliphatic heterocycles. The van der Waals surface area contributed by atoms with E-state index in [0.717, 1.165) is 19.3 Å². The molecule has 0 heterocycles. The van der Waals surface area contributed by atoms with Crippen LogP contribution in [0.2, 0.25) is 0 Å². The number of sulfonamides is 1. The van der Waals surface area contributed by atoms with E-state index in [1.165, 1.54) is 6.07 Å². The van der Waals surface area contributed by atoms with E-state index >= 15 is 0 Å². The van der Waals surface area contributed by atoms with E-state index in [2.05, 4.69) is 5.32 Å². The van der Waals surface area contributed by atoms with E-state index in [9.17, 15) is 13.2 Å². The van der Waals surface area contributed by atoms with Crippen LogP contribution in [0.25, 0.3) is 0 Å². The molecule has 2 unspecified atom stereocenters. The predicted octanol–water partition coefficient (Wildman–Crippen LogP) is 1.35. The fourth-order valence-electron chi connectivity index (χ4n) is 2.90. The van der Waals surface area contributed by atoms with Gasteiger partial charge in [-0.15, -0.1) is 0 Å². The third-order valence-corrected chi connectivity index (χ3v) is 5.10. The summed E-state index contributed by atoms with van der Waals surface area (Å²) < 4.78 is 23.3. The highest BCUT2D eigenvalue weighted by Gasteiger charge is 2.25. The van der Waals surface area contributed by atoms with Gasteiger partial charge in [0.15, 0.2) is 0 Å². The van der Waals surface area contributed by atoms with Crippen LogP contribution in [0.4, 0.5) is 5.69 Å². The van der Waals surface area contributed by atoms with Crippen LogP contribution >= 0.6 is 0 Å². The van der Waals surface area contributed by atoms with Crippen LogP contribution in [0.15, 0.2) is 23.1 Å². The van der Waals surface area contributed by atoms with Gasteiger partial charge in [0.1, 0.15) is 0 Å². The number of primary sulfonamides is 1. The van der Waals surface area contributed by atoms with Gasteiger partial charge in [-0.05, 0) is 43.4 Å². The third-order valence-electron chi connectivity index (χ3n) is 4.11. The van der Waals surface area contributed by atoms with E-state index in [0.29, 0.717) is 24.1 Å². The smallest absolute Gasteiger partial charge is 0.238 e. The van der Waals surface area contributed by atoms with Crippen molar-refractivity contribution < 1.29 is 13.2 Å². The molecule has 7 heteroatoms. The van der Waals surface area contributed by atoms with Crippen molar-refractivity contribution >= 4 is 21.6 Å². The minimum Gasteiger partial charge on any atom is -0.328 e. The first kappa shape index (κ1) is 16.9. The first-order valence-electron chi connectivity index (χ1n) is 7.53. The van der Waals surface area contributed by atoms with Crippen LogP contribution in [0, 0.1) is 5.92 Å². The molecule has 0 spiro atoms. The molecule has 22 heavy (non-hydrogen) atoms. The Morgan fingerprint density at radius 1 is 1.36 bits per heavy atom. The predicted molar refractivity (Wildman–Crippen MR) is 85.8 cm³/mol. The van der Waals surface area contributed by atoms with Gasteiger partial charge in [0.05, 0.1) is 4.90 Å². The molecule has 1 aliphatic rings. The maximum absolute atomic E-state index is 12.3. The summed E-state index contributed by atoms with van der Waals surface area (Å²) in [4.78, 5) is 12.3. The Morgan fingerprint density at radius 3 is 2.68 bits per heavy atom. The Morgan fingerprint density at radius 2 is 2.09 bits per heavy atom. The summed E-state index contributed by atoms with van der Waals surface area (Å²) in [5.74, 6) is -0.229. The second kappa shape index (κ2) is 6.76. The Labute approximate surface area is 131 Å². The van der Waals surface area contributed by atoms with Gasteiger partial charge in [0.25, 0.3) is 0 Å². The molecule has 1 aromatic carbocycles. The molecule has 1 amide bonds. The Bertz CT molecular complexity index is 658. The molecular weight excluding hydrogens is 302 g/mol. The summed E-state index contributed by atoms with van der Waals surface area (Å²) in [7, 11) is -3.81. The lowest BCUT2D eigenvalue weighted by atomic mass is 9.85. The van der Waals surface area contributed by atoms with Crippen LogP contribution in [0.3, 0.4) is 0 Å². The van der Waals surface area contributed by atoms with Gasteiger partial charge in [-0.3, -0.25) is 4.79 Å². The van der Waals surface area contributed by atoms with Crippen LogP contribution in [0.5, 0.6) is 0 Å². The topological polar surface area (TPSA) is 115 Å². The standard InChI is InChI=1S/C15H23N3O3S/c1-2-10-6-7-13(9-14(10)22(17,20)21)18-15(19)11-4-3-5-12(16)8-11/h6-7,9,11-12H,2-5,8,16H2,1H3,(H,18,19)(H2,17,20,21). The third kappa shape index (κ3) is 4.06. The molecule has 1 saturated carbocycles. The van der Waals surface area contributed by atoms with Crippen LogP contribution in [0.1, 0.15) is 38.2 Å². The Kier molecular flexibility index (Phi) is 5.20. The van der Waals surface area contributed by atoms with E-state index in [1.54, 1.807) is 12.1 Å². The van der Waals surface area contributed by atoms with Crippen molar-refractivity contribution in [3.63, 3.8) is 0 Å². The first-order valence-corrected chi connectivity index (χ1v) is 9.08. The molecule has 122 valence electrons. The summed E-state index contributed by atoms with van der Waals surface area (Å²) in [6.45, 7) is 1.85. The van der Waals surface area contributed by atoms with Gasteiger partial charge >= 0.3 is 0 Å². The summed E-state index contributed by atoms with van der Waals surface area (Å²) in [5.41, 5.74) is 6.99. The number of aryl methyl sites for hydroxylation is 1. The number of nitrogens with two attached hydrogens (primary N) is 2. The SMILES string of the molecule is CCc1ccc(NC(=O)C2CCCC(N)C2)cc1S(N)(=O)=O. The number of hydrogen-bond donors (Lipinski definition) is 3. The zero-order valence-corrected chi connectivity index (χ0v) is 13.5. The number of benzene rings is 1. The molecular formula is C15H23N3O3S. The van der Waals surface area contributed by atoms with Gasteiger partial charge < -0.3 is 11.1 Å². The van der Waals surface area contributed by atoms with Crippen molar-refractivity contribution in [1.29, 1.82) is 0 Å². The molecule has 0 radical (unpaired) electrons. The number of amides is 1. The molecule has 0 aromatic heterocycles. The molecule has 0 saturated heterocycles. The van der Waals surface area contributed by atoms with Gasteiger partial charge in [-0.1, -0.05) is 19.4 Å². The van der Waals surface area contributed by atoms with Crippen LogP contribution in [-0.4, -0.2) is 20.4 Å². The number of anilines is 1. The number of carbonyl (C=O) groups is 1.